The summed E-state index contributed by atoms with van der Waals surface area (Å²) in [6, 6.07) is 12.7. The highest BCUT2D eigenvalue weighted by molar-refractivity contribution is 7.22. The van der Waals surface area contributed by atoms with E-state index in [9.17, 15) is 9.59 Å². The van der Waals surface area contributed by atoms with E-state index in [0.29, 0.717) is 43.9 Å². The Morgan fingerprint density at radius 2 is 1.77 bits per heavy atom. The Morgan fingerprint density at radius 1 is 1.03 bits per heavy atom. The molecular formula is C22H23N3O4S. The molecule has 2 aromatic carbocycles. The summed E-state index contributed by atoms with van der Waals surface area (Å²) < 4.78 is 11.6. The molecule has 3 aromatic rings. The predicted octanol–water partition coefficient (Wildman–Crippen LogP) is 3.44. The summed E-state index contributed by atoms with van der Waals surface area (Å²) in [6.45, 7) is 5.03. The largest absolute Gasteiger partial charge is 0.492 e. The average molecular weight is 426 g/mol. The molecule has 1 aliphatic rings. The number of amides is 1. The van der Waals surface area contributed by atoms with Gasteiger partial charge in [0.15, 0.2) is 5.13 Å². The van der Waals surface area contributed by atoms with E-state index in [1.807, 2.05) is 25.1 Å². The summed E-state index contributed by atoms with van der Waals surface area (Å²) in [5.41, 5.74) is 1.55. The van der Waals surface area contributed by atoms with Crippen LogP contribution in [0.25, 0.3) is 10.2 Å². The molecule has 1 amide bonds. The Kier molecular flexibility index (Phi) is 5.85. The minimum Gasteiger partial charge on any atom is -0.492 e. The number of esters is 1. The number of methoxy groups -OCH3 is 1. The molecule has 0 saturated carbocycles. The minimum absolute atomic E-state index is 0.154. The van der Waals surface area contributed by atoms with E-state index in [2.05, 4.69) is 4.90 Å². The van der Waals surface area contributed by atoms with Crippen LogP contribution in [-0.2, 0) is 4.74 Å². The molecular weight excluding hydrogens is 402 g/mol. The molecule has 0 N–H and O–H groups in total. The number of thiazole rings is 1. The molecule has 1 fully saturated rings. The van der Waals surface area contributed by atoms with Gasteiger partial charge in [0.2, 0.25) is 0 Å². The minimum atomic E-state index is -0.503. The van der Waals surface area contributed by atoms with Gasteiger partial charge >= 0.3 is 5.97 Å². The molecule has 0 aliphatic carbocycles. The van der Waals surface area contributed by atoms with Crippen LogP contribution in [0.4, 0.5) is 5.13 Å². The lowest BCUT2D eigenvalue weighted by Crippen LogP contribution is -2.49. The van der Waals surface area contributed by atoms with Gasteiger partial charge in [0.25, 0.3) is 5.91 Å². The molecule has 4 rings (SSSR count). The summed E-state index contributed by atoms with van der Waals surface area (Å²) >= 11 is 1.63. The number of carbonyl (C=O) groups is 2. The van der Waals surface area contributed by atoms with Crippen molar-refractivity contribution in [2.24, 2.45) is 0 Å². The number of hydrogen-bond acceptors (Lipinski definition) is 7. The van der Waals surface area contributed by atoms with E-state index in [1.54, 1.807) is 40.5 Å². The lowest BCUT2D eigenvalue weighted by Gasteiger charge is -2.34. The first-order valence-electron chi connectivity index (χ1n) is 9.86. The SMILES string of the molecule is CCOc1cccc2sc(N3CCN(C(=O)c4ccccc4C(=O)OC)CC3)nc12. The molecule has 156 valence electrons. The van der Waals surface area contributed by atoms with Gasteiger partial charge in [-0.1, -0.05) is 29.5 Å². The first kappa shape index (κ1) is 20.2. The number of nitrogens with zero attached hydrogens (tertiary/aromatic N) is 3. The van der Waals surface area contributed by atoms with Crippen LogP contribution in [0, 0.1) is 0 Å². The maximum atomic E-state index is 13.0. The molecule has 0 spiro atoms. The van der Waals surface area contributed by atoms with Gasteiger partial charge < -0.3 is 19.3 Å². The normalized spacial score (nSPS) is 14.1. The third-order valence-electron chi connectivity index (χ3n) is 5.07. The Balaban J connectivity index is 1.48. The second-order valence-corrected chi connectivity index (χ2v) is 7.86. The van der Waals surface area contributed by atoms with Crippen molar-refractivity contribution in [2.45, 2.75) is 6.92 Å². The molecule has 1 aliphatic heterocycles. The molecule has 1 aromatic heterocycles. The van der Waals surface area contributed by atoms with Gasteiger partial charge in [-0.3, -0.25) is 4.79 Å². The zero-order valence-corrected chi connectivity index (χ0v) is 17.8. The maximum absolute atomic E-state index is 13.0. The average Bonchev–Trinajstić information content (AvgIpc) is 3.24. The molecule has 30 heavy (non-hydrogen) atoms. The van der Waals surface area contributed by atoms with Crippen LogP contribution >= 0.6 is 11.3 Å². The lowest BCUT2D eigenvalue weighted by molar-refractivity contribution is 0.0589. The van der Waals surface area contributed by atoms with Crippen LogP contribution in [-0.4, -0.2) is 61.7 Å². The van der Waals surface area contributed by atoms with Crippen molar-refractivity contribution in [3.63, 3.8) is 0 Å². The van der Waals surface area contributed by atoms with Crippen LogP contribution in [0.3, 0.4) is 0 Å². The van der Waals surface area contributed by atoms with Crippen molar-refractivity contribution in [1.29, 1.82) is 0 Å². The maximum Gasteiger partial charge on any atom is 0.338 e. The third-order valence-corrected chi connectivity index (χ3v) is 6.15. The topological polar surface area (TPSA) is 72.0 Å². The number of rotatable bonds is 5. The van der Waals surface area contributed by atoms with Crippen LogP contribution in [0.2, 0.25) is 0 Å². The first-order chi connectivity index (χ1) is 14.6. The van der Waals surface area contributed by atoms with Crippen molar-refractivity contribution in [1.82, 2.24) is 9.88 Å². The predicted molar refractivity (Wildman–Crippen MR) is 117 cm³/mol. The second-order valence-electron chi connectivity index (χ2n) is 6.85. The fraction of sp³-hybridized carbons (Fsp3) is 0.318. The smallest absolute Gasteiger partial charge is 0.338 e. The standard InChI is InChI=1S/C22H23N3O4S/c1-3-29-17-9-6-10-18-19(17)23-22(30-18)25-13-11-24(12-14-25)20(26)15-7-4-5-8-16(15)21(27)28-2/h4-10H,3,11-14H2,1-2H3. The summed E-state index contributed by atoms with van der Waals surface area (Å²) in [5.74, 6) is 0.140. The molecule has 0 unspecified atom stereocenters. The first-order valence-corrected chi connectivity index (χ1v) is 10.7. The van der Waals surface area contributed by atoms with Gasteiger partial charge in [-0.2, -0.15) is 0 Å². The van der Waals surface area contributed by atoms with Gasteiger partial charge in [-0.05, 0) is 31.2 Å². The van der Waals surface area contributed by atoms with Crippen molar-refractivity contribution >= 4 is 38.6 Å². The van der Waals surface area contributed by atoms with Crippen molar-refractivity contribution < 1.29 is 19.1 Å². The van der Waals surface area contributed by atoms with Gasteiger partial charge in [0.05, 0.1) is 29.5 Å². The van der Waals surface area contributed by atoms with E-state index in [-0.39, 0.29) is 5.91 Å². The number of benzene rings is 2. The van der Waals surface area contributed by atoms with Gasteiger partial charge in [-0.15, -0.1) is 0 Å². The van der Waals surface area contributed by atoms with E-state index in [4.69, 9.17) is 14.5 Å². The van der Waals surface area contributed by atoms with Gasteiger partial charge in [-0.25, -0.2) is 9.78 Å². The fourth-order valence-electron chi connectivity index (χ4n) is 3.55. The van der Waals surface area contributed by atoms with Crippen LogP contribution < -0.4 is 9.64 Å². The highest BCUT2D eigenvalue weighted by Crippen LogP contribution is 2.34. The van der Waals surface area contributed by atoms with E-state index in [0.717, 1.165) is 21.1 Å². The zero-order chi connectivity index (χ0) is 21.1. The molecule has 8 heteroatoms. The molecule has 0 bridgehead atoms. The summed E-state index contributed by atoms with van der Waals surface area (Å²) in [5, 5.41) is 0.930. The lowest BCUT2D eigenvalue weighted by atomic mass is 10.1. The number of ether oxygens (including phenoxy) is 2. The number of anilines is 1. The Hall–Kier alpha value is -3.13. The molecule has 2 heterocycles. The highest BCUT2D eigenvalue weighted by Gasteiger charge is 2.27. The van der Waals surface area contributed by atoms with E-state index in [1.165, 1.54) is 7.11 Å². The van der Waals surface area contributed by atoms with E-state index >= 15 is 0 Å². The number of carbonyl (C=O) groups excluding carboxylic acids is 2. The number of fused-ring (bicyclic) bond motifs is 1. The molecule has 0 radical (unpaired) electrons. The number of hydrogen-bond donors (Lipinski definition) is 0. The summed E-state index contributed by atoms with van der Waals surface area (Å²) in [6.07, 6.45) is 0. The van der Waals surface area contributed by atoms with Crippen LogP contribution in [0.5, 0.6) is 5.75 Å². The Labute approximate surface area is 178 Å². The number of para-hydroxylation sites is 1. The van der Waals surface area contributed by atoms with Gasteiger partial charge in [0.1, 0.15) is 11.3 Å². The quantitative estimate of drug-likeness (QED) is 0.583. The van der Waals surface area contributed by atoms with Crippen LogP contribution in [0.15, 0.2) is 42.5 Å². The van der Waals surface area contributed by atoms with Gasteiger partial charge in [0, 0.05) is 26.2 Å². The zero-order valence-electron chi connectivity index (χ0n) is 17.0. The number of piperazine rings is 1. The van der Waals surface area contributed by atoms with Crippen molar-refractivity contribution in [3.05, 3.63) is 53.6 Å². The highest BCUT2D eigenvalue weighted by atomic mass is 32.1. The van der Waals surface area contributed by atoms with Crippen molar-refractivity contribution in [3.8, 4) is 5.75 Å². The van der Waals surface area contributed by atoms with Crippen molar-refractivity contribution in [2.75, 3.05) is 44.8 Å². The summed E-state index contributed by atoms with van der Waals surface area (Å²) in [4.78, 5) is 33.8. The Bertz CT molecular complexity index is 1070. The Morgan fingerprint density at radius 3 is 2.47 bits per heavy atom. The fourth-order valence-corrected chi connectivity index (χ4v) is 4.58. The molecule has 7 nitrogen and oxygen atoms in total. The monoisotopic (exact) mass is 425 g/mol. The van der Waals surface area contributed by atoms with E-state index < -0.39 is 5.97 Å². The number of aromatic nitrogens is 1. The van der Waals surface area contributed by atoms with Crippen LogP contribution in [0.1, 0.15) is 27.6 Å². The molecule has 0 atom stereocenters. The second kappa shape index (κ2) is 8.71. The summed E-state index contributed by atoms with van der Waals surface area (Å²) in [7, 11) is 1.32. The molecule has 1 saturated heterocycles. The third kappa shape index (κ3) is 3.82.